The number of likely N-dealkylation sites (N-methyl/N-ethyl adjacent to an activating group) is 1. The van der Waals surface area contributed by atoms with Gasteiger partial charge >= 0.3 is 5.97 Å². The minimum Gasteiger partial charge on any atom is -0.469 e. The van der Waals surface area contributed by atoms with Gasteiger partial charge in [0.15, 0.2) is 0 Å². The molecule has 0 unspecified atom stereocenters. The van der Waals surface area contributed by atoms with Crippen molar-refractivity contribution < 1.29 is 14.6 Å². The van der Waals surface area contributed by atoms with Gasteiger partial charge in [0.05, 0.1) is 19.1 Å². The predicted molar refractivity (Wildman–Crippen MR) is 71.1 cm³/mol. The van der Waals surface area contributed by atoms with Gasteiger partial charge in [-0.3, -0.25) is 14.5 Å². The third kappa shape index (κ3) is 1.65. The van der Waals surface area contributed by atoms with Crippen LogP contribution < -0.4 is 5.56 Å². The van der Waals surface area contributed by atoms with Crippen molar-refractivity contribution in [3.8, 4) is 0 Å². The Balaban J connectivity index is 2.15. The van der Waals surface area contributed by atoms with Crippen molar-refractivity contribution in [2.45, 2.75) is 18.6 Å². The van der Waals surface area contributed by atoms with Crippen molar-refractivity contribution in [2.75, 3.05) is 20.8 Å². The van der Waals surface area contributed by atoms with E-state index < -0.39 is 5.92 Å². The molecule has 3 rings (SSSR count). The third-order valence-electron chi connectivity index (χ3n) is 4.70. The molecule has 108 valence electrons. The van der Waals surface area contributed by atoms with E-state index in [9.17, 15) is 14.7 Å². The Bertz CT molecular complexity index is 597. The molecule has 2 aliphatic rings. The number of ether oxygens (including phenoxy) is 1. The summed E-state index contributed by atoms with van der Waals surface area (Å²) in [6, 6.07) is 4.86. The average Bonchev–Trinajstić information content (AvgIpc) is 2.63. The molecule has 0 aromatic carbocycles. The van der Waals surface area contributed by atoms with Crippen molar-refractivity contribution in [1.82, 2.24) is 9.47 Å². The molecular formula is C14H18N2O4. The Morgan fingerprint density at radius 1 is 1.50 bits per heavy atom. The Kier molecular flexibility index (Phi) is 3.14. The summed E-state index contributed by atoms with van der Waals surface area (Å²) in [4.78, 5) is 26.2. The van der Waals surface area contributed by atoms with Gasteiger partial charge in [-0.05, 0) is 13.1 Å². The molecule has 6 heteroatoms. The molecule has 1 N–H and O–H groups in total. The number of esters is 1. The van der Waals surface area contributed by atoms with Crippen LogP contribution in [0.15, 0.2) is 23.0 Å². The number of aliphatic hydroxyl groups excluding tert-OH is 1. The highest BCUT2D eigenvalue weighted by Crippen LogP contribution is 2.47. The molecule has 3 heterocycles. The number of methoxy groups -OCH3 is 1. The van der Waals surface area contributed by atoms with Crippen LogP contribution in [-0.4, -0.2) is 47.3 Å². The zero-order valence-electron chi connectivity index (χ0n) is 11.5. The molecule has 2 aliphatic heterocycles. The molecule has 0 amide bonds. The SMILES string of the molecule is COC(=O)[C@@H]1[C@@H](CO)[C@@H]2Cn3c(cccc3=O)[C@H]1N2C. The molecule has 4 atom stereocenters. The lowest BCUT2D eigenvalue weighted by Crippen LogP contribution is -2.44. The third-order valence-corrected chi connectivity index (χ3v) is 4.70. The number of aliphatic hydroxyl groups is 1. The second-order valence-electron chi connectivity index (χ2n) is 5.47. The molecule has 1 saturated heterocycles. The second kappa shape index (κ2) is 4.71. The van der Waals surface area contributed by atoms with Crippen LogP contribution in [0.5, 0.6) is 0 Å². The van der Waals surface area contributed by atoms with E-state index in [1.807, 2.05) is 13.1 Å². The Hall–Kier alpha value is -1.66. The molecule has 1 fully saturated rings. The fraction of sp³-hybridized carbons (Fsp3) is 0.571. The average molecular weight is 278 g/mol. The lowest BCUT2D eigenvalue weighted by Gasteiger charge is -2.35. The number of hydrogen-bond acceptors (Lipinski definition) is 5. The molecule has 2 bridgehead atoms. The highest BCUT2D eigenvalue weighted by atomic mass is 16.5. The van der Waals surface area contributed by atoms with E-state index >= 15 is 0 Å². The number of nitrogens with zero attached hydrogens (tertiary/aromatic N) is 2. The van der Waals surface area contributed by atoms with E-state index in [4.69, 9.17) is 4.74 Å². The molecule has 0 radical (unpaired) electrons. The molecule has 0 aliphatic carbocycles. The van der Waals surface area contributed by atoms with Gasteiger partial charge in [-0.25, -0.2) is 0 Å². The molecule has 6 nitrogen and oxygen atoms in total. The maximum absolute atomic E-state index is 12.1. The quantitative estimate of drug-likeness (QED) is 0.746. The van der Waals surface area contributed by atoms with E-state index in [-0.39, 0.29) is 36.1 Å². The standard InChI is InChI=1S/C14H18N2O4/c1-15-10-6-16-9(4-3-5-11(16)18)13(15)12(8(10)7-17)14(19)20-2/h3-5,8,10,12-13,17H,6-7H2,1-2H3/t8-,10-,12+,13+/m0/s1. The first-order valence-electron chi connectivity index (χ1n) is 6.70. The van der Waals surface area contributed by atoms with Crippen LogP contribution in [0.1, 0.15) is 11.7 Å². The summed E-state index contributed by atoms with van der Waals surface area (Å²) >= 11 is 0. The minimum atomic E-state index is -0.435. The van der Waals surface area contributed by atoms with E-state index in [2.05, 4.69) is 4.90 Å². The van der Waals surface area contributed by atoms with Gasteiger partial charge < -0.3 is 14.4 Å². The topological polar surface area (TPSA) is 71.8 Å². The molecular weight excluding hydrogens is 260 g/mol. The normalized spacial score (nSPS) is 31.9. The highest BCUT2D eigenvalue weighted by Gasteiger charge is 2.54. The van der Waals surface area contributed by atoms with Gasteiger partial charge in [0.25, 0.3) is 5.56 Å². The van der Waals surface area contributed by atoms with Crippen LogP contribution >= 0.6 is 0 Å². The lowest BCUT2D eigenvalue weighted by atomic mass is 9.87. The van der Waals surface area contributed by atoms with Gasteiger partial charge in [-0.1, -0.05) is 6.07 Å². The first-order chi connectivity index (χ1) is 9.60. The van der Waals surface area contributed by atoms with Crippen molar-refractivity contribution in [2.24, 2.45) is 11.8 Å². The Labute approximate surface area is 116 Å². The number of aromatic nitrogens is 1. The monoisotopic (exact) mass is 278 g/mol. The van der Waals surface area contributed by atoms with Gasteiger partial charge in [-0.15, -0.1) is 0 Å². The number of carbonyl (C=O) groups is 1. The molecule has 20 heavy (non-hydrogen) atoms. The zero-order chi connectivity index (χ0) is 14.4. The van der Waals surface area contributed by atoms with E-state index in [0.717, 1.165) is 5.69 Å². The van der Waals surface area contributed by atoms with E-state index in [0.29, 0.717) is 6.54 Å². The summed E-state index contributed by atoms with van der Waals surface area (Å²) in [5.74, 6) is -0.972. The fourth-order valence-corrected chi connectivity index (χ4v) is 3.74. The molecule has 1 aromatic heterocycles. The zero-order valence-corrected chi connectivity index (χ0v) is 11.5. The maximum atomic E-state index is 12.1. The number of rotatable bonds is 2. The fourth-order valence-electron chi connectivity index (χ4n) is 3.74. The van der Waals surface area contributed by atoms with Crippen LogP contribution in [0.2, 0.25) is 0 Å². The largest absolute Gasteiger partial charge is 0.469 e. The number of pyridine rings is 1. The van der Waals surface area contributed by atoms with Gasteiger partial charge in [-0.2, -0.15) is 0 Å². The summed E-state index contributed by atoms with van der Waals surface area (Å²) in [6.07, 6.45) is 0. The lowest BCUT2D eigenvalue weighted by molar-refractivity contribution is -0.148. The first-order valence-corrected chi connectivity index (χ1v) is 6.70. The van der Waals surface area contributed by atoms with Crippen LogP contribution in [-0.2, 0) is 16.1 Å². The van der Waals surface area contributed by atoms with Crippen molar-refractivity contribution in [3.05, 3.63) is 34.2 Å². The summed E-state index contributed by atoms with van der Waals surface area (Å²) in [6.45, 7) is 0.411. The van der Waals surface area contributed by atoms with Gasteiger partial charge in [0.1, 0.15) is 0 Å². The van der Waals surface area contributed by atoms with Crippen LogP contribution in [0.25, 0.3) is 0 Å². The summed E-state index contributed by atoms with van der Waals surface area (Å²) in [7, 11) is 3.29. The van der Waals surface area contributed by atoms with Crippen LogP contribution in [0, 0.1) is 11.8 Å². The van der Waals surface area contributed by atoms with Gasteiger partial charge in [0.2, 0.25) is 0 Å². The predicted octanol–water partition coefficient (Wildman–Crippen LogP) is -0.385. The van der Waals surface area contributed by atoms with E-state index in [1.54, 1.807) is 10.6 Å². The molecule has 0 saturated carbocycles. The van der Waals surface area contributed by atoms with Crippen LogP contribution in [0.4, 0.5) is 0 Å². The van der Waals surface area contributed by atoms with Crippen LogP contribution in [0.3, 0.4) is 0 Å². The number of fused-ring (bicyclic) bond motifs is 4. The highest BCUT2D eigenvalue weighted by molar-refractivity contribution is 5.74. The smallest absolute Gasteiger partial charge is 0.311 e. The van der Waals surface area contributed by atoms with Crippen molar-refractivity contribution in [3.63, 3.8) is 0 Å². The molecule has 1 aromatic rings. The number of carbonyl (C=O) groups excluding carboxylic acids is 1. The summed E-state index contributed by atoms with van der Waals surface area (Å²) < 4.78 is 6.61. The van der Waals surface area contributed by atoms with Crippen molar-refractivity contribution in [1.29, 1.82) is 0 Å². The second-order valence-corrected chi connectivity index (χ2v) is 5.47. The Morgan fingerprint density at radius 2 is 2.25 bits per heavy atom. The van der Waals surface area contributed by atoms with Gasteiger partial charge in [0, 0.05) is 36.9 Å². The maximum Gasteiger partial charge on any atom is 0.311 e. The number of hydrogen-bond donors (Lipinski definition) is 1. The summed E-state index contributed by atoms with van der Waals surface area (Å²) in [5.41, 5.74) is 0.760. The molecule has 0 spiro atoms. The summed E-state index contributed by atoms with van der Waals surface area (Å²) in [5, 5.41) is 9.67. The first kappa shape index (κ1) is 13.3. The minimum absolute atomic E-state index is 0.0262. The van der Waals surface area contributed by atoms with E-state index in [1.165, 1.54) is 13.2 Å². The van der Waals surface area contributed by atoms with Crippen molar-refractivity contribution >= 4 is 5.97 Å². The Morgan fingerprint density at radius 3 is 2.90 bits per heavy atom.